The maximum Gasteiger partial charge on any atom is 0.326 e. The first-order valence-electron chi connectivity index (χ1n) is 15.2. The lowest BCUT2D eigenvalue weighted by atomic mass is 10.0. The van der Waals surface area contributed by atoms with Crippen molar-refractivity contribution in [2.24, 2.45) is 0 Å². The van der Waals surface area contributed by atoms with Crippen LogP contribution in [0.15, 0.2) is 0 Å². The Morgan fingerprint density at radius 1 is 0.632 bits per heavy atom. The van der Waals surface area contributed by atoms with E-state index in [1.807, 2.05) is 0 Å². The highest BCUT2D eigenvalue weighted by Gasteiger charge is 2.25. The van der Waals surface area contributed by atoms with Gasteiger partial charge in [0.1, 0.15) is 12.1 Å². The molecule has 0 saturated heterocycles. The van der Waals surface area contributed by atoms with E-state index in [-0.39, 0.29) is 12.4 Å². The molecule has 1 amide bonds. The van der Waals surface area contributed by atoms with Crippen molar-refractivity contribution in [3.63, 3.8) is 0 Å². The lowest BCUT2D eigenvalue weighted by Crippen LogP contribution is -2.43. The van der Waals surface area contributed by atoms with Crippen molar-refractivity contribution < 1.29 is 34.1 Å². The molecular weight excluding hydrogens is 486 g/mol. The molecule has 0 bridgehead atoms. The summed E-state index contributed by atoms with van der Waals surface area (Å²) in [5, 5.41) is 20.3. The van der Waals surface area contributed by atoms with Crippen molar-refractivity contribution in [3.05, 3.63) is 0 Å². The minimum Gasteiger partial charge on any atom is -0.481 e. The summed E-state index contributed by atoms with van der Waals surface area (Å²) in [6, 6.07) is -1.51. The summed E-state index contributed by atoms with van der Waals surface area (Å²) < 4.78 is 5.62. The van der Waals surface area contributed by atoms with Gasteiger partial charge in [-0.1, -0.05) is 117 Å². The summed E-state index contributed by atoms with van der Waals surface area (Å²) in [4.78, 5) is 47.1. The number of hydrogen-bond acceptors (Lipinski definition) is 5. The minimum atomic E-state index is -1.51. The average Bonchev–Trinajstić information content (AvgIpc) is 2.85. The van der Waals surface area contributed by atoms with Crippen LogP contribution in [0.25, 0.3) is 0 Å². The third-order valence-electron chi connectivity index (χ3n) is 6.84. The number of carboxylic acids is 2. The standard InChI is InChI=1S/C30H55NO7/c1-3-5-7-9-11-13-15-17-19-21-25(23-27(32)31-26(30(36)37)24-28(33)34)38-29(35)22-20-18-16-14-12-10-8-6-4-2/h25-26H,3-24H2,1-2H3,(H,31,32)(H,33,34)(H,36,37)/t25-,26+/m0/s1. The van der Waals surface area contributed by atoms with Crippen LogP contribution in [0.1, 0.15) is 155 Å². The molecule has 0 aromatic carbocycles. The molecule has 0 aromatic heterocycles. The van der Waals surface area contributed by atoms with Gasteiger partial charge in [-0.3, -0.25) is 14.4 Å². The number of carbonyl (C=O) groups is 4. The van der Waals surface area contributed by atoms with Crippen LogP contribution in [0, 0.1) is 0 Å². The van der Waals surface area contributed by atoms with Crippen molar-refractivity contribution >= 4 is 23.8 Å². The van der Waals surface area contributed by atoms with Gasteiger partial charge in [-0.15, -0.1) is 0 Å². The van der Waals surface area contributed by atoms with Gasteiger partial charge in [-0.05, 0) is 19.3 Å². The zero-order valence-electron chi connectivity index (χ0n) is 24.1. The number of rotatable bonds is 27. The van der Waals surface area contributed by atoms with Crippen LogP contribution in [-0.2, 0) is 23.9 Å². The first-order chi connectivity index (χ1) is 18.3. The van der Waals surface area contributed by atoms with Crippen molar-refractivity contribution in [2.45, 2.75) is 167 Å². The van der Waals surface area contributed by atoms with Gasteiger partial charge in [-0.2, -0.15) is 0 Å². The summed E-state index contributed by atoms with van der Waals surface area (Å²) in [6.45, 7) is 4.41. The fraction of sp³-hybridized carbons (Fsp3) is 0.867. The van der Waals surface area contributed by atoms with Crippen molar-refractivity contribution in [1.29, 1.82) is 0 Å². The Morgan fingerprint density at radius 3 is 1.53 bits per heavy atom. The fourth-order valence-corrected chi connectivity index (χ4v) is 4.54. The summed E-state index contributed by atoms with van der Waals surface area (Å²) in [5.41, 5.74) is 0. The lowest BCUT2D eigenvalue weighted by Gasteiger charge is -2.19. The predicted octanol–water partition coefficient (Wildman–Crippen LogP) is 7.17. The fourth-order valence-electron chi connectivity index (χ4n) is 4.54. The number of amides is 1. The monoisotopic (exact) mass is 541 g/mol. The summed E-state index contributed by atoms with van der Waals surface area (Å²) in [6.07, 6.45) is 20.0. The second kappa shape index (κ2) is 25.2. The van der Waals surface area contributed by atoms with Gasteiger partial charge >= 0.3 is 17.9 Å². The van der Waals surface area contributed by atoms with Crippen molar-refractivity contribution in [1.82, 2.24) is 5.32 Å². The van der Waals surface area contributed by atoms with Crippen LogP contribution in [0.3, 0.4) is 0 Å². The van der Waals surface area contributed by atoms with E-state index < -0.39 is 36.4 Å². The Kier molecular flexibility index (Phi) is 23.8. The molecule has 0 aromatic rings. The highest BCUT2D eigenvalue weighted by atomic mass is 16.5. The van der Waals surface area contributed by atoms with Gasteiger partial charge in [0.05, 0.1) is 12.8 Å². The normalized spacial score (nSPS) is 12.6. The maximum atomic E-state index is 12.5. The topological polar surface area (TPSA) is 130 Å². The van der Waals surface area contributed by atoms with Crippen LogP contribution in [-0.4, -0.2) is 46.2 Å². The van der Waals surface area contributed by atoms with Crippen LogP contribution in [0.5, 0.6) is 0 Å². The molecule has 222 valence electrons. The summed E-state index contributed by atoms with van der Waals surface area (Å²) >= 11 is 0. The Labute approximate surface area is 230 Å². The van der Waals surface area contributed by atoms with Gasteiger partial charge in [-0.25, -0.2) is 4.79 Å². The summed E-state index contributed by atoms with van der Waals surface area (Å²) in [7, 11) is 0. The van der Waals surface area contributed by atoms with E-state index >= 15 is 0 Å². The molecule has 8 nitrogen and oxygen atoms in total. The quantitative estimate of drug-likeness (QED) is 0.0742. The molecular formula is C30H55NO7. The first-order valence-corrected chi connectivity index (χ1v) is 15.2. The van der Waals surface area contributed by atoms with Crippen LogP contribution in [0.2, 0.25) is 0 Å². The molecule has 0 aliphatic heterocycles. The largest absolute Gasteiger partial charge is 0.481 e. The number of carbonyl (C=O) groups excluding carboxylic acids is 2. The number of unbranched alkanes of at least 4 members (excludes halogenated alkanes) is 16. The molecule has 3 N–H and O–H groups in total. The van der Waals surface area contributed by atoms with E-state index in [0.29, 0.717) is 12.8 Å². The predicted molar refractivity (Wildman–Crippen MR) is 150 cm³/mol. The number of esters is 1. The number of ether oxygens (including phenoxy) is 1. The number of hydrogen-bond donors (Lipinski definition) is 3. The van der Waals surface area contributed by atoms with Crippen molar-refractivity contribution in [3.8, 4) is 0 Å². The van der Waals surface area contributed by atoms with Gasteiger partial charge in [0.15, 0.2) is 0 Å². The molecule has 0 radical (unpaired) electrons. The minimum absolute atomic E-state index is 0.163. The Balaban J connectivity index is 4.51. The van der Waals surface area contributed by atoms with Crippen LogP contribution in [0.4, 0.5) is 0 Å². The summed E-state index contributed by atoms with van der Waals surface area (Å²) in [5.74, 6) is -3.66. The van der Waals surface area contributed by atoms with Crippen molar-refractivity contribution in [2.75, 3.05) is 0 Å². The molecule has 2 atom stereocenters. The van der Waals surface area contributed by atoms with Gasteiger partial charge in [0.25, 0.3) is 0 Å². The molecule has 8 heteroatoms. The average molecular weight is 542 g/mol. The van der Waals surface area contributed by atoms with Crippen LogP contribution >= 0.6 is 0 Å². The highest BCUT2D eigenvalue weighted by molar-refractivity contribution is 5.87. The van der Waals surface area contributed by atoms with E-state index in [0.717, 1.165) is 38.5 Å². The third-order valence-corrected chi connectivity index (χ3v) is 6.84. The highest BCUT2D eigenvalue weighted by Crippen LogP contribution is 2.16. The second-order valence-electron chi connectivity index (χ2n) is 10.6. The first kappa shape index (κ1) is 35.9. The molecule has 0 rings (SSSR count). The molecule has 0 heterocycles. The Morgan fingerprint density at radius 2 is 1.08 bits per heavy atom. The Bertz CT molecular complexity index is 638. The molecule has 38 heavy (non-hydrogen) atoms. The van der Waals surface area contributed by atoms with Gasteiger partial charge in [0.2, 0.25) is 5.91 Å². The smallest absolute Gasteiger partial charge is 0.326 e. The molecule has 0 aliphatic rings. The van der Waals surface area contributed by atoms with Gasteiger partial charge < -0.3 is 20.3 Å². The number of nitrogens with one attached hydrogen (secondary N) is 1. The number of aliphatic carboxylic acids is 2. The Hall–Kier alpha value is -2.12. The molecule has 0 spiro atoms. The van der Waals surface area contributed by atoms with E-state index in [4.69, 9.17) is 9.84 Å². The van der Waals surface area contributed by atoms with E-state index in [1.165, 1.54) is 77.0 Å². The second-order valence-corrected chi connectivity index (χ2v) is 10.6. The third kappa shape index (κ3) is 23.0. The zero-order chi connectivity index (χ0) is 28.4. The van der Waals surface area contributed by atoms with E-state index in [2.05, 4.69) is 19.2 Å². The van der Waals surface area contributed by atoms with E-state index in [1.54, 1.807) is 0 Å². The maximum absolute atomic E-state index is 12.5. The molecule has 0 fully saturated rings. The number of carboxylic acid groups (broad SMARTS) is 2. The van der Waals surface area contributed by atoms with Crippen LogP contribution < -0.4 is 5.32 Å². The lowest BCUT2D eigenvalue weighted by molar-refractivity contribution is -0.152. The zero-order valence-corrected chi connectivity index (χ0v) is 24.1. The molecule has 0 saturated carbocycles. The molecule has 0 aliphatic carbocycles. The van der Waals surface area contributed by atoms with E-state index in [9.17, 15) is 24.3 Å². The SMILES string of the molecule is CCCCCCCCCCCC(=O)O[C@@H](CCCCCCCCCCC)CC(=O)N[C@H](CC(=O)O)C(=O)O. The van der Waals surface area contributed by atoms with Gasteiger partial charge in [0, 0.05) is 6.42 Å². The molecule has 0 unspecified atom stereocenters.